The first-order chi connectivity index (χ1) is 14.3. The molecule has 2 radical (unpaired) electrons. The van der Waals surface area contributed by atoms with E-state index in [9.17, 15) is 15.0 Å². The summed E-state index contributed by atoms with van der Waals surface area (Å²) in [4.78, 5) is 11.8. The summed E-state index contributed by atoms with van der Waals surface area (Å²) < 4.78 is 2.10. The van der Waals surface area contributed by atoms with Gasteiger partial charge in [-0.25, -0.2) is 0 Å². The van der Waals surface area contributed by atoms with Crippen LogP contribution in [0.3, 0.4) is 0 Å². The Kier molecular flexibility index (Phi) is 11.4. The molecule has 0 spiro atoms. The molecule has 1 aromatic rings. The number of rotatable bonds is 12. The Morgan fingerprint density at radius 1 is 1.37 bits per heavy atom. The zero-order valence-corrected chi connectivity index (χ0v) is 20.9. The molecule has 0 bridgehead atoms. The molecule has 2 rings (SSSR count). The average molecular weight is 560 g/mol. The van der Waals surface area contributed by atoms with Crippen molar-refractivity contribution in [2.75, 3.05) is 0 Å². The van der Waals surface area contributed by atoms with Crippen LogP contribution in [-0.2, 0) is 11.2 Å². The Morgan fingerprint density at radius 3 is 2.77 bits per heavy atom. The smallest absolute Gasteiger partial charge is 0.303 e. The van der Waals surface area contributed by atoms with Gasteiger partial charge in [0.15, 0.2) is 0 Å². The van der Waals surface area contributed by atoms with E-state index in [4.69, 9.17) is 13.0 Å². The Bertz CT molecular complexity index is 717. The summed E-state index contributed by atoms with van der Waals surface area (Å²) in [6.45, 7) is 0. The minimum Gasteiger partial charge on any atom is -0.481 e. The Labute approximate surface area is 201 Å². The van der Waals surface area contributed by atoms with Crippen LogP contribution in [0.2, 0.25) is 6.32 Å². The molecular formula is C22H29BBr2O4S. The molecule has 1 heterocycles. The number of hydrogen-bond donors (Lipinski definition) is 3. The maximum atomic E-state index is 10.6. The highest BCUT2D eigenvalue weighted by atomic mass is 79.9. The van der Waals surface area contributed by atoms with E-state index in [0.29, 0.717) is 25.6 Å². The second-order valence-corrected chi connectivity index (χ2v) is 11.2. The van der Waals surface area contributed by atoms with Crippen LogP contribution in [0.15, 0.2) is 38.6 Å². The van der Waals surface area contributed by atoms with Crippen LogP contribution in [-0.4, -0.2) is 41.3 Å². The highest BCUT2D eigenvalue weighted by Crippen LogP contribution is 2.42. The van der Waals surface area contributed by atoms with Crippen molar-refractivity contribution in [3.05, 3.63) is 43.5 Å². The lowest BCUT2D eigenvalue weighted by molar-refractivity contribution is -0.137. The van der Waals surface area contributed by atoms with E-state index >= 15 is 0 Å². The van der Waals surface area contributed by atoms with Gasteiger partial charge in [0.05, 0.1) is 23.8 Å². The summed E-state index contributed by atoms with van der Waals surface area (Å²) in [5, 5.41) is 29.6. The van der Waals surface area contributed by atoms with Gasteiger partial charge in [-0.1, -0.05) is 30.6 Å². The van der Waals surface area contributed by atoms with Gasteiger partial charge in [0, 0.05) is 15.8 Å². The first-order valence-electron chi connectivity index (χ1n) is 10.4. The normalized spacial score (nSPS) is 25.5. The standard InChI is InChI=1S/C22H29BBr2O4S/c23-13-14-11-20(27)18(5-3-1-2-4-6-21(28)29)17(14)10-8-15(26)7-9-16-12-19(24)22(25)30-16/h1,3,8,10,12,14-15,17-18,20,26-27H,2,4-7,9,11,13H2,(H,28,29)/t14-,15-,17-,18+,20?/m0/s1. The summed E-state index contributed by atoms with van der Waals surface area (Å²) >= 11 is 8.65. The third-order valence-corrected chi connectivity index (χ3v) is 8.97. The number of carboxylic acid groups (broad SMARTS) is 1. The zero-order valence-electron chi connectivity index (χ0n) is 16.9. The van der Waals surface area contributed by atoms with Gasteiger partial charge < -0.3 is 15.3 Å². The van der Waals surface area contributed by atoms with Crippen molar-refractivity contribution in [3.8, 4) is 0 Å². The fraction of sp³-hybridized carbons (Fsp3) is 0.591. The van der Waals surface area contributed by atoms with Crippen molar-refractivity contribution in [2.45, 2.75) is 63.5 Å². The maximum absolute atomic E-state index is 10.6. The topological polar surface area (TPSA) is 77.8 Å². The van der Waals surface area contributed by atoms with Crippen molar-refractivity contribution in [3.63, 3.8) is 0 Å². The minimum absolute atomic E-state index is 0.0712. The highest BCUT2D eigenvalue weighted by molar-refractivity contribution is 9.13. The van der Waals surface area contributed by atoms with Crippen LogP contribution in [0.5, 0.6) is 0 Å². The van der Waals surface area contributed by atoms with Crippen LogP contribution in [0.4, 0.5) is 0 Å². The van der Waals surface area contributed by atoms with E-state index in [0.717, 1.165) is 27.5 Å². The molecule has 5 atom stereocenters. The lowest BCUT2D eigenvalue weighted by Crippen LogP contribution is -2.19. The van der Waals surface area contributed by atoms with Gasteiger partial charge >= 0.3 is 5.97 Å². The molecule has 0 saturated heterocycles. The number of thiophene rings is 1. The fourth-order valence-corrected chi connectivity index (χ4v) is 6.21. The van der Waals surface area contributed by atoms with Crippen LogP contribution in [0, 0.1) is 17.8 Å². The van der Waals surface area contributed by atoms with E-state index in [1.165, 1.54) is 4.88 Å². The van der Waals surface area contributed by atoms with Crippen molar-refractivity contribution < 1.29 is 20.1 Å². The second-order valence-electron chi connectivity index (χ2n) is 7.86. The summed E-state index contributed by atoms with van der Waals surface area (Å²) in [5.74, 6) is -0.364. The third-order valence-electron chi connectivity index (χ3n) is 5.65. The van der Waals surface area contributed by atoms with Crippen molar-refractivity contribution in [1.29, 1.82) is 0 Å². The van der Waals surface area contributed by atoms with Gasteiger partial charge in [-0.05, 0) is 94.2 Å². The van der Waals surface area contributed by atoms with E-state index in [1.807, 2.05) is 24.3 Å². The monoisotopic (exact) mass is 558 g/mol. The number of aryl methyl sites for hydroxylation is 1. The van der Waals surface area contributed by atoms with Gasteiger partial charge in [-0.15, -0.1) is 11.3 Å². The minimum atomic E-state index is -0.775. The van der Waals surface area contributed by atoms with Gasteiger partial charge in [-0.3, -0.25) is 4.79 Å². The predicted molar refractivity (Wildman–Crippen MR) is 130 cm³/mol. The largest absolute Gasteiger partial charge is 0.481 e. The van der Waals surface area contributed by atoms with E-state index < -0.39 is 18.2 Å². The first kappa shape index (κ1) is 25.9. The van der Waals surface area contributed by atoms with E-state index in [-0.39, 0.29) is 24.2 Å². The molecule has 1 fully saturated rings. The number of carbonyl (C=O) groups is 1. The Morgan fingerprint density at radius 2 is 2.13 bits per heavy atom. The molecule has 30 heavy (non-hydrogen) atoms. The number of aliphatic hydroxyl groups excluding tert-OH is 2. The van der Waals surface area contributed by atoms with Crippen LogP contribution >= 0.6 is 43.2 Å². The van der Waals surface area contributed by atoms with Gasteiger partial charge in [-0.2, -0.15) is 0 Å². The molecule has 3 N–H and O–H groups in total. The number of aliphatic hydroxyl groups is 2. The molecular weight excluding hydrogens is 531 g/mol. The predicted octanol–water partition coefficient (Wildman–Crippen LogP) is 5.52. The Balaban J connectivity index is 1.88. The molecule has 1 aliphatic rings. The van der Waals surface area contributed by atoms with Crippen LogP contribution < -0.4 is 0 Å². The molecule has 1 unspecified atom stereocenters. The zero-order chi connectivity index (χ0) is 22.1. The number of aliphatic carboxylic acids is 1. The SMILES string of the molecule is [B]C[C@@H]1CC(O)[C@H](CC=CCCCC(=O)O)[C@H]1C=C[C@@H](O)CCc1cc(Br)c(Br)s1. The summed E-state index contributed by atoms with van der Waals surface area (Å²) in [7, 11) is 5.94. The number of carboxylic acids is 1. The highest BCUT2D eigenvalue weighted by Gasteiger charge is 2.39. The van der Waals surface area contributed by atoms with Gasteiger partial charge in [0.25, 0.3) is 0 Å². The molecule has 4 nitrogen and oxygen atoms in total. The van der Waals surface area contributed by atoms with E-state index in [1.54, 1.807) is 11.3 Å². The summed E-state index contributed by atoms with van der Waals surface area (Å²) in [6.07, 6.45) is 11.9. The summed E-state index contributed by atoms with van der Waals surface area (Å²) in [6, 6.07) is 2.07. The molecule has 0 amide bonds. The number of allylic oxidation sites excluding steroid dienone is 3. The van der Waals surface area contributed by atoms with Gasteiger partial charge in [0.1, 0.15) is 0 Å². The molecule has 164 valence electrons. The van der Waals surface area contributed by atoms with Crippen LogP contribution in [0.25, 0.3) is 0 Å². The molecule has 8 heteroatoms. The molecule has 1 saturated carbocycles. The number of halogens is 2. The molecule has 1 aromatic heterocycles. The number of hydrogen-bond acceptors (Lipinski definition) is 4. The third kappa shape index (κ3) is 8.27. The van der Waals surface area contributed by atoms with Crippen molar-refractivity contribution >= 4 is 57.0 Å². The maximum Gasteiger partial charge on any atom is 0.303 e. The van der Waals surface area contributed by atoms with Crippen LogP contribution in [0.1, 0.15) is 43.4 Å². The lowest BCUT2D eigenvalue weighted by atomic mass is 9.80. The van der Waals surface area contributed by atoms with Gasteiger partial charge in [0.2, 0.25) is 0 Å². The number of unbranched alkanes of at least 4 members (excludes halogenated alkanes) is 1. The van der Waals surface area contributed by atoms with E-state index in [2.05, 4.69) is 37.9 Å². The fourth-order valence-electron chi connectivity index (χ4n) is 4.02. The lowest BCUT2D eigenvalue weighted by Gasteiger charge is -2.21. The molecule has 0 aliphatic heterocycles. The Hall–Kier alpha value is -0.405. The average Bonchev–Trinajstić information content (AvgIpc) is 3.19. The molecule has 1 aliphatic carbocycles. The van der Waals surface area contributed by atoms with Crippen molar-refractivity contribution in [1.82, 2.24) is 0 Å². The summed E-state index contributed by atoms with van der Waals surface area (Å²) in [5.41, 5.74) is 0. The quantitative estimate of drug-likeness (QED) is 0.179. The molecule has 0 aromatic carbocycles. The van der Waals surface area contributed by atoms with Crippen molar-refractivity contribution in [2.24, 2.45) is 17.8 Å². The second kappa shape index (κ2) is 13.2. The first-order valence-corrected chi connectivity index (χ1v) is 12.8.